The highest BCUT2D eigenvalue weighted by Crippen LogP contribution is 2.31. The maximum absolute atomic E-state index is 12.5. The standard InChI is InChI=1S/C20H22N2O2S/c1-13-3-10-17(21-19(23)16-8-9-16)11-18(13)22-20(24)15-6-4-14(5-7-15)12-25-2/h3-7,10-11,16H,8-9,12H2,1-2H3,(H,21,23)(H,22,24). The zero-order chi connectivity index (χ0) is 17.8. The van der Waals surface area contributed by atoms with Crippen molar-refractivity contribution in [3.8, 4) is 0 Å². The fraction of sp³-hybridized carbons (Fsp3) is 0.300. The van der Waals surface area contributed by atoms with Gasteiger partial charge in [-0.1, -0.05) is 18.2 Å². The number of carbonyl (C=O) groups excluding carboxylic acids is 2. The van der Waals surface area contributed by atoms with Crippen molar-refractivity contribution < 1.29 is 9.59 Å². The molecule has 4 nitrogen and oxygen atoms in total. The summed E-state index contributed by atoms with van der Waals surface area (Å²) in [6, 6.07) is 13.2. The van der Waals surface area contributed by atoms with Gasteiger partial charge in [0, 0.05) is 28.6 Å². The number of hydrogen-bond acceptors (Lipinski definition) is 3. The fourth-order valence-corrected chi connectivity index (χ4v) is 3.06. The molecular weight excluding hydrogens is 332 g/mol. The van der Waals surface area contributed by atoms with Crippen LogP contribution in [-0.4, -0.2) is 18.1 Å². The van der Waals surface area contributed by atoms with Gasteiger partial charge >= 0.3 is 0 Å². The minimum Gasteiger partial charge on any atom is -0.326 e. The number of rotatable bonds is 6. The molecule has 0 radical (unpaired) electrons. The number of hydrogen-bond donors (Lipinski definition) is 2. The Bertz CT molecular complexity index is 783. The number of anilines is 2. The van der Waals surface area contributed by atoms with Crippen LogP contribution in [0.2, 0.25) is 0 Å². The van der Waals surface area contributed by atoms with Crippen molar-refractivity contribution in [2.75, 3.05) is 16.9 Å². The van der Waals surface area contributed by atoms with E-state index in [4.69, 9.17) is 0 Å². The van der Waals surface area contributed by atoms with Crippen LogP contribution in [-0.2, 0) is 10.5 Å². The number of nitrogens with one attached hydrogen (secondary N) is 2. The molecule has 5 heteroatoms. The van der Waals surface area contributed by atoms with Gasteiger partial charge in [-0.05, 0) is 61.4 Å². The van der Waals surface area contributed by atoms with Gasteiger partial charge in [0.15, 0.2) is 0 Å². The Kier molecular flexibility index (Phi) is 5.43. The van der Waals surface area contributed by atoms with Gasteiger partial charge < -0.3 is 10.6 Å². The van der Waals surface area contributed by atoms with Gasteiger partial charge in [-0.2, -0.15) is 11.8 Å². The second-order valence-corrected chi connectivity index (χ2v) is 7.24. The second-order valence-electron chi connectivity index (χ2n) is 6.38. The Morgan fingerprint density at radius 1 is 1.08 bits per heavy atom. The molecular formula is C20H22N2O2S. The van der Waals surface area contributed by atoms with Crippen molar-refractivity contribution in [1.29, 1.82) is 0 Å². The van der Waals surface area contributed by atoms with Crippen LogP contribution >= 0.6 is 11.8 Å². The first kappa shape index (κ1) is 17.5. The van der Waals surface area contributed by atoms with E-state index in [-0.39, 0.29) is 17.7 Å². The molecule has 1 aliphatic carbocycles. The van der Waals surface area contributed by atoms with Gasteiger partial charge in [0.05, 0.1) is 0 Å². The lowest BCUT2D eigenvalue weighted by Crippen LogP contribution is -2.15. The lowest BCUT2D eigenvalue weighted by Gasteiger charge is -2.12. The van der Waals surface area contributed by atoms with E-state index >= 15 is 0 Å². The van der Waals surface area contributed by atoms with Crippen LogP contribution in [0.25, 0.3) is 0 Å². The molecule has 0 spiro atoms. The van der Waals surface area contributed by atoms with E-state index in [1.807, 2.05) is 49.4 Å². The maximum Gasteiger partial charge on any atom is 0.255 e. The van der Waals surface area contributed by atoms with E-state index in [1.165, 1.54) is 5.56 Å². The summed E-state index contributed by atoms with van der Waals surface area (Å²) >= 11 is 1.75. The Labute approximate surface area is 152 Å². The van der Waals surface area contributed by atoms with E-state index < -0.39 is 0 Å². The number of benzene rings is 2. The van der Waals surface area contributed by atoms with Crippen LogP contribution in [0.5, 0.6) is 0 Å². The zero-order valence-electron chi connectivity index (χ0n) is 14.5. The Balaban J connectivity index is 1.70. The van der Waals surface area contributed by atoms with Crippen LogP contribution in [0.15, 0.2) is 42.5 Å². The predicted molar refractivity (Wildman–Crippen MR) is 104 cm³/mol. The summed E-state index contributed by atoms with van der Waals surface area (Å²) in [4.78, 5) is 24.4. The third kappa shape index (κ3) is 4.63. The molecule has 0 unspecified atom stereocenters. The number of thioether (sulfide) groups is 1. The molecule has 0 aromatic heterocycles. The molecule has 0 heterocycles. The van der Waals surface area contributed by atoms with Crippen molar-refractivity contribution in [3.63, 3.8) is 0 Å². The first-order valence-corrected chi connectivity index (χ1v) is 9.77. The van der Waals surface area contributed by atoms with Crippen molar-refractivity contribution in [2.45, 2.75) is 25.5 Å². The molecule has 1 fully saturated rings. The van der Waals surface area contributed by atoms with Gasteiger partial charge in [0.1, 0.15) is 0 Å². The predicted octanol–water partition coefficient (Wildman–Crippen LogP) is 4.46. The SMILES string of the molecule is CSCc1ccc(C(=O)Nc2cc(NC(=O)C3CC3)ccc2C)cc1. The Morgan fingerprint density at radius 2 is 1.80 bits per heavy atom. The van der Waals surface area contributed by atoms with Crippen LogP contribution in [0, 0.1) is 12.8 Å². The minimum absolute atomic E-state index is 0.0607. The van der Waals surface area contributed by atoms with Crippen LogP contribution < -0.4 is 10.6 Å². The van der Waals surface area contributed by atoms with E-state index in [0.29, 0.717) is 16.9 Å². The average Bonchev–Trinajstić information content (AvgIpc) is 3.44. The Morgan fingerprint density at radius 3 is 2.44 bits per heavy atom. The third-order valence-electron chi connectivity index (χ3n) is 4.23. The molecule has 1 saturated carbocycles. The minimum atomic E-state index is -0.149. The first-order valence-electron chi connectivity index (χ1n) is 8.37. The van der Waals surface area contributed by atoms with Crippen LogP contribution in [0.3, 0.4) is 0 Å². The third-order valence-corrected chi connectivity index (χ3v) is 4.85. The van der Waals surface area contributed by atoms with E-state index in [0.717, 1.165) is 24.2 Å². The highest BCUT2D eigenvalue weighted by Gasteiger charge is 2.29. The summed E-state index contributed by atoms with van der Waals surface area (Å²) < 4.78 is 0. The van der Waals surface area contributed by atoms with Crippen LogP contribution in [0.4, 0.5) is 11.4 Å². The molecule has 2 N–H and O–H groups in total. The summed E-state index contributed by atoms with van der Waals surface area (Å²) in [5.74, 6) is 0.998. The molecule has 0 saturated heterocycles. The van der Waals surface area contributed by atoms with Crippen molar-refractivity contribution in [3.05, 3.63) is 59.2 Å². The molecule has 1 aliphatic rings. The number of carbonyl (C=O) groups is 2. The van der Waals surface area contributed by atoms with Crippen molar-refractivity contribution >= 4 is 35.0 Å². The molecule has 0 bridgehead atoms. The molecule has 0 atom stereocenters. The van der Waals surface area contributed by atoms with Gasteiger partial charge in [0.2, 0.25) is 5.91 Å². The molecule has 25 heavy (non-hydrogen) atoms. The smallest absolute Gasteiger partial charge is 0.255 e. The molecule has 130 valence electrons. The summed E-state index contributed by atoms with van der Waals surface area (Å²) in [6.07, 6.45) is 3.99. The summed E-state index contributed by atoms with van der Waals surface area (Å²) in [5.41, 5.74) is 4.21. The lowest BCUT2D eigenvalue weighted by molar-refractivity contribution is -0.117. The van der Waals surface area contributed by atoms with Crippen molar-refractivity contribution in [2.24, 2.45) is 5.92 Å². The summed E-state index contributed by atoms with van der Waals surface area (Å²) in [6.45, 7) is 1.93. The highest BCUT2D eigenvalue weighted by atomic mass is 32.2. The van der Waals surface area contributed by atoms with E-state index in [1.54, 1.807) is 11.8 Å². The van der Waals surface area contributed by atoms with E-state index in [2.05, 4.69) is 16.9 Å². The highest BCUT2D eigenvalue weighted by molar-refractivity contribution is 7.97. The quantitative estimate of drug-likeness (QED) is 0.805. The first-order chi connectivity index (χ1) is 12.1. The zero-order valence-corrected chi connectivity index (χ0v) is 15.3. The molecule has 2 amide bonds. The van der Waals surface area contributed by atoms with Gasteiger partial charge in [-0.3, -0.25) is 9.59 Å². The van der Waals surface area contributed by atoms with E-state index in [9.17, 15) is 9.59 Å². The van der Waals surface area contributed by atoms with Crippen molar-refractivity contribution in [1.82, 2.24) is 0 Å². The normalized spacial score (nSPS) is 13.4. The van der Waals surface area contributed by atoms with Crippen LogP contribution in [0.1, 0.15) is 34.3 Å². The van der Waals surface area contributed by atoms with Gasteiger partial charge in [0.25, 0.3) is 5.91 Å². The largest absolute Gasteiger partial charge is 0.326 e. The molecule has 0 aliphatic heterocycles. The monoisotopic (exact) mass is 354 g/mol. The van der Waals surface area contributed by atoms with Gasteiger partial charge in [-0.25, -0.2) is 0 Å². The summed E-state index contributed by atoms with van der Waals surface area (Å²) in [5, 5.41) is 5.85. The fourth-order valence-electron chi connectivity index (χ4n) is 2.54. The summed E-state index contributed by atoms with van der Waals surface area (Å²) in [7, 11) is 0. The number of amides is 2. The number of aryl methyl sites for hydroxylation is 1. The average molecular weight is 354 g/mol. The lowest BCUT2D eigenvalue weighted by atomic mass is 10.1. The molecule has 3 rings (SSSR count). The Hall–Kier alpha value is -2.27. The molecule has 2 aromatic carbocycles. The maximum atomic E-state index is 12.5. The molecule has 2 aromatic rings. The van der Waals surface area contributed by atoms with Gasteiger partial charge in [-0.15, -0.1) is 0 Å². The second kappa shape index (κ2) is 7.74. The topological polar surface area (TPSA) is 58.2 Å².